The molecule has 2 heterocycles. The molecule has 0 saturated carbocycles. The summed E-state index contributed by atoms with van der Waals surface area (Å²) in [5.41, 5.74) is 40.6. The molecule has 32 heteroatoms. The number of amides is 13. The smallest absolute Gasteiger partial charge is 0.245 e. The first-order chi connectivity index (χ1) is 45.2. The van der Waals surface area contributed by atoms with E-state index in [1.807, 2.05) is 20.1 Å². The third-order valence-electron chi connectivity index (χ3n) is 16.0. The van der Waals surface area contributed by atoms with Gasteiger partial charge in [-0.15, -0.1) is 0 Å². The summed E-state index contributed by atoms with van der Waals surface area (Å²) in [4.78, 5) is 185. The van der Waals surface area contributed by atoms with Crippen molar-refractivity contribution >= 4 is 94.5 Å². The van der Waals surface area contributed by atoms with E-state index in [0.29, 0.717) is 55.4 Å². The Kier molecular flexibility index (Phi) is 33.9. The van der Waals surface area contributed by atoms with Crippen LogP contribution in [0.4, 0.5) is 0 Å². The van der Waals surface area contributed by atoms with Crippen LogP contribution in [0.2, 0.25) is 0 Å². The molecule has 0 bridgehead atoms. The summed E-state index contributed by atoms with van der Waals surface area (Å²) < 4.78 is 0. The predicted octanol–water partition coefficient (Wildman–Crippen LogP) is -3.71. The van der Waals surface area contributed by atoms with Crippen molar-refractivity contribution in [2.45, 2.75) is 183 Å². The van der Waals surface area contributed by atoms with Crippen LogP contribution in [-0.2, 0) is 75.2 Å². The van der Waals surface area contributed by atoms with E-state index in [2.05, 4.69) is 47.5 Å². The zero-order chi connectivity index (χ0) is 70.1. The molecule has 22 N–H and O–H groups in total. The molecule has 13 amide bonds. The maximum Gasteiger partial charge on any atom is 0.245 e. The standard InChI is InChI=1S/C63H98N18O13S/c1-37(2)33-45(57(89)74-41(53(68)85)27-32-95-3)73-52(84)36-72-54(86)46(34-38-15-6-4-7-16-38)78-58(90)47(35-39-17-8-5-9-18-39)79-56(88)42(23-25-50(66)82)75-55(87)43(24-26-51(67)83)76-59(91)49-22-14-31-81(49)62(94)44(20-10-11-28-64)77-60(92)48-21-13-30-80(48)61(93)40(65)19-12-29-71-63(69)70/h4-9,15-18,37,40-49H,10-14,19-36,64-65H2,1-3H3,(H2,66,82)(H2,67,83)(H2,68,85)(H,72,86)(H,73,84)(H,74,89)(H,75,87)(H,76,91)(H,77,92)(H,78,90)(H,79,88)(H4,69,70,71)/t40-,41+,42+,43-,44+,45+,46+,47-,48-,49+/m1/s1. The Bertz CT molecular complexity index is 2960. The van der Waals surface area contributed by atoms with Crippen molar-refractivity contribution in [2.24, 2.45) is 51.0 Å². The highest BCUT2D eigenvalue weighted by Gasteiger charge is 2.42. The topological polar surface area (TPSA) is 519 Å². The number of carbonyl (C=O) groups excluding carboxylic acids is 13. The van der Waals surface area contributed by atoms with E-state index in [1.54, 1.807) is 60.7 Å². The van der Waals surface area contributed by atoms with Crippen LogP contribution in [0.25, 0.3) is 0 Å². The molecule has 95 heavy (non-hydrogen) atoms. The van der Waals surface area contributed by atoms with Gasteiger partial charge in [0.15, 0.2) is 5.96 Å². The number of thioether (sulfide) groups is 1. The number of likely N-dealkylation sites (tertiary alicyclic amines) is 2. The van der Waals surface area contributed by atoms with E-state index in [-0.39, 0.29) is 83.0 Å². The molecule has 0 aromatic heterocycles. The van der Waals surface area contributed by atoms with Crippen molar-refractivity contribution in [1.29, 1.82) is 0 Å². The third-order valence-corrected chi connectivity index (χ3v) is 16.7. The molecule has 0 aliphatic carbocycles. The number of rotatable bonds is 42. The predicted molar refractivity (Wildman–Crippen MR) is 356 cm³/mol. The van der Waals surface area contributed by atoms with Crippen molar-refractivity contribution in [2.75, 3.05) is 44.7 Å². The summed E-state index contributed by atoms with van der Waals surface area (Å²) >= 11 is 1.45. The SMILES string of the molecule is CSCC[C@H](NC(=O)[C@H](CC(C)C)NC(=O)CNC(=O)[C@H](Cc1ccccc1)NC(=O)[C@@H](Cc1ccccc1)NC(=O)[C@H](CCC(N)=O)NC(=O)[C@@H](CCC(N)=O)NC(=O)[C@@H]1CCCN1C(=O)[C@H](CCCCN)NC(=O)[C@H]1CCCN1C(=O)[C@H](N)CCCN=C(N)N)C(N)=O. The van der Waals surface area contributed by atoms with Crippen molar-refractivity contribution in [1.82, 2.24) is 52.3 Å². The van der Waals surface area contributed by atoms with Gasteiger partial charge in [-0.2, -0.15) is 11.8 Å². The molecule has 2 saturated heterocycles. The molecular weight excluding hydrogens is 1250 g/mol. The number of hydrogen-bond donors (Lipinski definition) is 15. The van der Waals surface area contributed by atoms with Gasteiger partial charge in [0.1, 0.15) is 54.4 Å². The third kappa shape index (κ3) is 27.5. The summed E-state index contributed by atoms with van der Waals surface area (Å²) in [5.74, 6) is -9.80. The van der Waals surface area contributed by atoms with Crippen LogP contribution in [0.5, 0.6) is 0 Å². The zero-order valence-corrected chi connectivity index (χ0v) is 55.3. The van der Waals surface area contributed by atoms with Crippen LogP contribution in [0.15, 0.2) is 65.7 Å². The van der Waals surface area contributed by atoms with Crippen molar-refractivity contribution in [3.8, 4) is 0 Å². The van der Waals surface area contributed by atoms with E-state index in [9.17, 15) is 62.3 Å². The Morgan fingerprint density at radius 3 is 1.51 bits per heavy atom. The first kappa shape index (κ1) is 78.5. The van der Waals surface area contributed by atoms with Crippen LogP contribution in [0, 0.1) is 5.92 Å². The largest absolute Gasteiger partial charge is 0.370 e. The molecule has 2 fully saturated rings. The van der Waals surface area contributed by atoms with Gasteiger partial charge in [0.2, 0.25) is 76.8 Å². The number of guanidine groups is 1. The van der Waals surface area contributed by atoms with Gasteiger partial charge in [0.05, 0.1) is 12.6 Å². The van der Waals surface area contributed by atoms with Gasteiger partial charge < -0.3 is 92.5 Å². The Morgan fingerprint density at radius 1 is 0.537 bits per heavy atom. The van der Waals surface area contributed by atoms with Crippen molar-refractivity contribution in [3.05, 3.63) is 71.8 Å². The Balaban J connectivity index is 1.56. The van der Waals surface area contributed by atoms with E-state index >= 15 is 0 Å². The van der Waals surface area contributed by atoms with Crippen LogP contribution < -0.4 is 82.7 Å². The molecule has 524 valence electrons. The maximum atomic E-state index is 14.7. The first-order valence-electron chi connectivity index (χ1n) is 32.2. The second-order valence-electron chi connectivity index (χ2n) is 24.1. The molecule has 31 nitrogen and oxygen atoms in total. The number of nitrogens with two attached hydrogens (primary N) is 7. The average molecular weight is 1350 g/mol. The number of nitrogens with zero attached hydrogens (tertiary/aromatic N) is 3. The molecule has 2 aliphatic heterocycles. The van der Waals surface area contributed by atoms with E-state index in [0.717, 1.165) is 0 Å². The molecule has 2 aliphatic rings. The number of carbonyl (C=O) groups is 13. The van der Waals surface area contributed by atoms with Crippen molar-refractivity contribution in [3.63, 3.8) is 0 Å². The van der Waals surface area contributed by atoms with Gasteiger partial charge in [-0.25, -0.2) is 0 Å². The highest BCUT2D eigenvalue weighted by atomic mass is 32.2. The summed E-state index contributed by atoms with van der Waals surface area (Å²) in [6, 6.07) is 4.51. The summed E-state index contributed by atoms with van der Waals surface area (Å²) in [5, 5.41) is 21.1. The number of hydrogen-bond acceptors (Lipinski definition) is 17. The van der Waals surface area contributed by atoms with Crippen LogP contribution in [0.3, 0.4) is 0 Å². The Morgan fingerprint density at radius 2 is 1.01 bits per heavy atom. The Hall–Kier alpha value is -8.91. The monoisotopic (exact) mass is 1350 g/mol. The lowest BCUT2D eigenvalue weighted by Crippen LogP contribution is -2.60. The fourth-order valence-electron chi connectivity index (χ4n) is 11.0. The first-order valence-corrected chi connectivity index (χ1v) is 33.6. The number of unbranched alkanes of at least 4 members (excludes halogenated alkanes) is 1. The molecule has 4 rings (SSSR count). The van der Waals surface area contributed by atoms with Gasteiger partial charge in [-0.1, -0.05) is 74.5 Å². The fourth-order valence-corrected chi connectivity index (χ4v) is 11.5. The molecule has 0 radical (unpaired) electrons. The highest BCUT2D eigenvalue weighted by molar-refractivity contribution is 7.98. The lowest BCUT2D eigenvalue weighted by molar-refractivity contribution is -0.144. The number of primary amides is 3. The summed E-state index contributed by atoms with van der Waals surface area (Å²) in [7, 11) is 0. The highest BCUT2D eigenvalue weighted by Crippen LogP contribution is 2.24. The normalized spacial score (nSPS) is 16.8. The molecule has 2 aromatic rings. The summed E-state index contributed by atoms with van der Waals surface area (Å²) in [6.07, 6.45) is 3.12. The maximum absolute atomic E-state index is 14.7. The summed E-state index contributed by atoms with van der Waals surface area (Å²) in [6.45, 7) is 3.86. The molecule has 10 atom stereocenters. The van der Waals surface area contributed by atoms with Gasteiger partial charge in [-0.05, 0) is 119 Å². The average Bonchev–Trinajstić information content (AvgIpc) is 1.74. The fraction of sp³-hybridized carbons (Fsp3) is 0.587. The molecule has 0 unspecified atom stereocenters. The quantitative estimate of drug-likeness (QED) is 0.0173. The molecule has 0 spiro atoms. The van der Waals surface area contributed by atoms with Gasteiger partial charge in [0, 0.05) is 45.3 Å². The second-order valence-corrected chi connectivity index (χ2v) is 25.1. The Labute approximate surface area is 558 Å². The van der Waals surface area contributed by atoms with Crippen molar-refractivity contribution < 1.29 is 62.3 Å². The van der Waals surface area contributed by atoms with Gasteiger partial charge in [0.25, 0.3) is 0 Å². The van der Waals surface area contributed by atoms with E-state index in [1.165, 1.54) is 21.6 Å². The minimum absolute atomic E-state index is 0.0736. The minimum Gasteiger partial charge on any atom is -0.370 e. The lowest BCUT2D eigenvalue weighted by atomic mass is 10.0. The van der Waals surface area contributed by atoms with Crippen LogP contribution in [0.1, 0.15) is 121 Å². The minimum atomic E-state index is -1.64. The van der Waals surface area contributed by atoms with Crippen LogP contribution >= 0.6 is 11.8 Å². The van der Waals surface area contributed by atoms with Crippen LogP contribution in [-0.4, -0.2) is 198 Å². The number of benzene rings is 2. The van der Waals surface area contributed by atoms with Gasteiger partial charge in [-0.3, -0.25) is 67.3 Å². The van der Waals surface area contributed by atoms with E-state index in [4.69, 9.17) is 40.1 Å². The molecular formula is C63H98N18O13S. The zero-order valence-electron chi connectivity index (χ0n) is 54.5. The molecule has 2 aromatic carbocycles. The second kappa shape index (κ2) is 41.0. The lowest BCUT2D eigenvalue weighted by Gasteiger charge is -2.32. The van der Waals surface area contributed by atoms with Gasteiger partial charge >= 0.3 is 0 Å². The number of aliphatic imine (C=N–C) groups is 1. The number of nitrogens with one attached hydrogen (secondary N) is 8. The van der Waals surface area contributed by atoms with E-state index < -0.39 is 169 Å².